The SMILES string of the molecule is Cc1cc(CNc2ccccc2Br)ccc1F. The van der Waals surface area contributed by atoms with Gasteiger partial charge in [-0.05, 0) is 52.2 Å². The number of aryl methyl sites for hydroxylation is 1. The van der Waals surface area contributed by atoms with Crippen molar-refractivity contribution in [1.29, 1.82) is 0 Å². The first-order valence-corrected chi connectivity index (χ1v) is 6.19. The molecule has 0 spiro atoms. The molecule has 0 saturated carbocycles. The topological polar surface area (TPSA) is 12.0 Å². The van der Waals surface area contributed by atoms with Crippen LogP contribution in [0.2, 0.25) is 0 Å². The fraction of sp³-hybridized carbons (Fsp3) is 0.143. The van der Waals surface area contributed by atoms with Gasteiger partial charge in [-0.25, -0.2) is 4.39 Å². The predicted octanol–water partition coefficient (Wildman–Crippen LogP) is 4.51. The van der Waals surface area contributed by atoms with Crippen LogP contribution in [-0.2, 0) is 6.54 Å². The molecule has 0 aromatic heterocycles. The zero-order chi connectivity index (χ0) is 12.3. The van der Waals surface area contributed by atoms with E-state index in [-0.39, 0.29) is 5.82 Å². The van der Waals surface area contributed by atoms with Crippen LogP contribution in [0.5, 0.6) is 0 Å². The number of hydrogen-bond donors (Lipinski definition) is 1. The van der Waals surface area contributed by atoms with Gasteiger partial charge in [-0.15, -0.1) is 0 Å². The van der Waals surface area contributed by atoms with Crippen LogP contribution >= 0.6 is 15.9 Å². The maximum absolute atomic E-state index is 13.1. The smallest absolute Gasteiger partial charge is 0.126 e. The summed E-state index contributed by atoms with van der Waals surface area (Å²) in [7, 11) is 0. The van der Waals surface area contributed by atoms with Crippen LogP contribution in [0.15, 0.2) is 46.9 Å². The molecule has 1 nitrogen and oxygen atoms in total. The molecule has 2 aromatic rings. The summed E-state index contributed by atoms with van der Waals surface area (Å²) in [5.74, 6) is -0.158. The molecule has 0 aliphatic carbocycles. The summed E-state index contributed by atoms with van der Waals surface area (Å²) < 4.78 is 14.1. The average Bonchev–Trinajstić information content (AvgIpc) is 2.32. The molecule has 1 N–H and O–H groups in total. The summed E-state index contributed by atoms with van der Waals surface area (Å²) in [6.45, 7) is 2.46. The highest BCUT2D eigenvalue weighted by Crippen LogP contribution is 2.22. The van der Waals surface area contributed by atoms with Crippen LogP contribution in [0.1, 0.15) is 11.1 Å². The van der Waals surface area contributed by atoms with Crippen LogP contribution in [0.3, 0.4) is 0 Å². The summed E-state index contributed by atoms with van der Waals surface area (Å²) in [5, 5.41) is 3.31. The molecular weight excluding hydrogens is 281 g/mol. The van der Waals surface area contributed by atoms with Crippen LogP contribution in [0, 0.1) is 12.7 Å². The van der Waals surface area contributed by atoms with Crippen LogP contribution in [-0.4, -0.2) is 0 Å². The summed E-state index contributed by atoms with van der Waals surface area (Å²) >= 11 is 3.47. The van der Waals surface area contributed by atoms with Crippen molar-refractivity contribution in [2.24, 2.45) is 0 Å². The first-order valence-electron chi connectivity index (χ1n) is 5.40. The summed E-state index contributed by atoms with van der Waals surface area (Å²) in [6.07, 6.45) is 0. The van der Waals surface area contributed by atoms with E-state index in [9.17, 15) is 4.39 Å². The third-order valence-corrected chi connectivity index (χ3v) is 3.27. The molecule has 2 aromatic carbocycles. The number of halogens is 2. The number of anilines is 1. The maximum atomic E-state index is 13.1. The minimum Gasteiger partial charge on any atom is -0.380 e. The van der Waals surface area contributed by atoms with Gasteiger partial charge in [-0.3, -0.25) is 0 Å². The highest BCUT2D eigenvalue weighted by molar-refractivity contribution is 9.10. The second kappa shape index (κ2) is 5.32. The van der Waals surface area contributed by atoms with Gasteiger partial charge in [0.05, 0.1) is 0 Å². The molecule has 0 bridgehead atoms. The Morgan fingerprint density at radius 2 is 1.94 bits per heavy atom. The number of nitrogens with one attached hydrogen (secondary N) is 1. The Kier molecular flexibility index (Phi) is 3.79. The van der Waals surface area contributed by atoms with E-state index in [4.69, 9.17) is 0 Å². The maximum Gasteiger partial charge on any atom is 0.126 e. The lowest BCUT2D eigenvalue weighted by Gasteiger charge is -2.09. The second-order valence-corrected chi connectivity index (χ2v) is 4.77. The van der Waals surface area contributed by atoms with Gasteiger partial charge < -0.3 is 5.32 Å². The number of para-hydroxylation sites is 1. The van der Waals surface area contributed by atoms with Crippen LogP contribution in [0.4, 0.5) is 10.1 Å². The van der Waals surface area contributed by atoms with Gasteiger partial charge in [0, 0.05) is 16.7 Å². The molecule has 88 valence electrons. The molecule has 0 fully saturated rings. The van der Waals surface area contributed by atoms with E-state index in [0.29, 0.717) is 12.1 Å². The summed E-state index contributed by atoms with van der Waals surface area (Å²) in [5.41, 5.74) is 2.78. The molecule has 3 heteroatoms. The van der Waals surface area contributed by atoms with E-state index in [1.54, 1.807) is 13.0 Å². The molecule has 2 rings (SSSR count). The van der Waals surface area contributed by atoms with Gasteiger partial charge in [0.2, 0.25) is 0 Å². The quantitative estimate of drug-likeness (QED) is 0.878. The van der Waals surface area contributed by atoms with Crippen molar-refractivity contribution in [2.75, 3.05) is 5.32 Å². The molecule has 17 heavy (non-hydrogen) atoms. The first-order chi connectivity index (χ1) is 8.16. The Morgan fingerprint density at radius 3 is 2.65 bits per heavy atom. The van der Waals surface area contributed by atoms with Gasteiger partial charge in [-0.1, -0.05) is 24.3 Å². The molecule has 0 heterocycles. The number of hydrogen-bond acceptors (Lipinski definition) is 1. The normalized spacial score (nSPS) is 10.3. The van der Waals surface area contributed by atoms with Crippen LogP contribution < -0.4 is 5.32 Å². The fourth-order valence-electron chi connectivity index (χ4n) is 1.62. The highest BCUT2D eigenvalue weighted by atomic mass is 79.9. The number of benzene rings is 2. The first kappa shape index (κ1) is 12.1. The zero-order valence-electron chi connectivity index (χ0n) is 9.50. The van der Waals surface area contributed by atoms with Crippen molar-refractivity contribution in [3.63, 3.8) is 0 Å². The zero-order valence-corrected chi connectivity index (χ0v) is 11.1. The van der Waals surface area contributed by atoms with Gasteiger partial charge >= 0.3 is 0 Å². The Labute approximate surface area is 109 Å². The van der Waals surface area contributed by atoms with Crippen LogP contribution in [0.25, 0.3) is 0 Å². The Morgan fingerprint density at radius 1 is 1.18 bits per heavy atom. The summed E-state index contributed by atoms with van der Waals surface area (Å²) in [4.78, 5) is 0. The van der Waals surface area contributed by atoms with Crippen molar-refractivity contribution < 1.29 is 4.39 Å². The van der Waals surface area contributed by atoms with E-state index in [0.717, 1.165) is 15.7 Å². The highest BCUT2D eigenvalue weighted by Gasteiger charge is 2.00. The molecule has 0 aliphatic heterocycles. The monoisotopic (exact) mass is 293 g/mol. The van der Waals surface area contributed by atoms with Gasteiger partial charge in [0.15, 0.2) is 0 Å². The van der Waals surface area contributed by atoms with Gasteiger partial charge in [0.1, 0.15) is 5.82 Å². The minimum atomic E-state index is -0.158. The van der Waals surface area contributed by atoms with E-state index < -0.39 is 0 Å². The largest absolute Gasteiger partial charge is 0.380 e. The lowest BCUT2D eigenvalue weighted by molar-refractivity contribution is 0.617. The van der Waals surface area contributed by atoms with Crippen molar-refractivity contribution in [3.05, 3.63) is 63.9 Å². The molecule has 0 saturated heterocycles. The Hall–Kier alpha value is -1.35. The minimum absolute atomic E-state index is 0.158. The average molecular weight is 294 g/mol. The Bertz CT molecular complexity index is 525. The molecule has 0 radical (unpaired) electrons. The predicted molar refractivity (Wildman–Crippen MR) is 72.6 cm³/mol. The molecule has 0 atom stereocenters. The fourth-order valence-corrected chi connectivity index (χ4v) is 2.04. The third-order valence-electron chi connectivity index (χ3n) is 2.58. The number of rotatable bonds is 3. The molecular formula is C14H13BrFN. The standard InChI is InChI=1S/C14H13BrFN/c1-10-8-11(6-7-13(10)16)9-17-14-5-3-2-4-12(14)15/h2-8,17H,9H2,1H3. The van der Waals surface area contributed by atoms with Crippen molar-refractivity contribution in [1.82, 2.24) is 0 Å². The molecule has 0 aliphatic rings. The molecule has 0 unspecified atom stereocenters. The van der Waals surface area contributed by atoms with Crippen molar-refractivity contribution >= 4 is 21.6 Å². The lowest BCUT2D eigenvalue weighted by atomic mass is 10.1. The van der Waals surface area contributed by atoms with E-state index in [1.165, 1.54) is 6.07 Å². The van der Waals surface area contributed by atoms with Gasteiger partial charge in [0.25, 0.3) is 0 Å². The lowest BCUT2D eigenvalue weighted by Crippen LogP contribution is -2.00. The van der Waals surface area contributed by atoms with Crippen molar-refractivity contribution in [3.8, 4) is 0 Å². The molecule has 0 amide bonds. The van der Waals surface area contributed by atoms with E-state index in [1.807, 2.05) is 30.3 Å². The van der Waals surface area contributed by atoms with Gasteiger partial charge in [-0.2, -0.15) is 0 Å². The van der Waals surface area contributed by atoms with Crippen molar-refractivity contribution in [2.45, 2.75) is 13.5 Å². The van der Waals surface area contributed by atoms with E-state index >= 15 is 0 Å². The van der Waals surface area contributed by atoms with E-state index in [2.05, 4.69) is 21.2 Å². The second-order valence-electron chi connectivity index (χ2n) is 3.92. The summed E-state index contributed by atoms with van der Waals surface area (Å²) in [6, 6.07) is 13.1. The third kappa shape index (κ3) is 3.07. The Balaban J connectivity index is 2.08.